The van der Waals surface area contributed by atoms with E-state index in [1.54, 1.807) is 31.2 Å². The second kappa shape index (κ2) is 11.5. The first-order chi connectivity index (χ1) is 12.8. The van der Waals surface area contributed by atoms with Crippen molar-refractivity contribution in [3.05, 3.63) is 35.9 Å². The molecule has 1 aromatic rings. The van der Waals surface area contributed by atoms with Crippen LogP contribution in [0.4, 0.5) is 4.79 Å². The number of alkyl carbamates (subject to hydrolysis) is 1. The Hall–Kier alpha value is -3.10. The van der Waals surface area contributed by atoms with E-state index in [-0.39, 0.29) is 19.6 Å². The number of carboxylic acid groups (broad SMARTS) is 1. The largest absolute Gasteiger partial charge is 0.480 e. The molecule has 0 saturated carbocycles. The minimum Gasteiger partial charge on any atom is -0.480 e. The van der Waals surface area contributed by atoms with E-state index in [0.29, 0.717) is 0 Å². The molecule has 0 spiro atoms. The molecular formula is C18H24N2O7. The van der Waals surface area contributed by atoms with Crippen LogP contribution in [-0.4, -0.2) is 48.2 Å². The maximum atomic E-state index is 11.9. The summed E-state index contributed by atoms with van der Waals surface area (Å²) in [5.74, 6) is -3.23. The van der Waals surface area contributed by atoms with E-state index in [9.17, 15) is 24.3 Å². The van der Waals surface area contributed by atoms with Crippen LogP contribution in [0.2, 0.25) is 0 Å². The van der Waals surface area contributed by atoms with Crippen molar-refractivity contribution in [1.82, 2.24) is 10.6 Å². The summed E-state index contributed by atoms with van der Waals surface area (Å²) in [4.78, 5) is 46.3. The van der Waals surface area contributed by atoms with Crippen molar-refractivity contribution in [1.29, 1.82) is 0 Å². The SMILES string of the molecule is CCOC(=O)C[C@H](C)[C@H](NC(=O)CNC(=O)OCc1ccccc1)C(=O)O. The number of amides is 2. The highest BCUT2D eigenvalue weighted by Gasteiger charge is 2.28. The molecule has 0 heterocycles. The fourth-order valence-electron chi connectivity index (χ4n) is 2.20. The summed E-state index contributed by atoms with van der Waals surface area (Å²) in [5.41, 5.74) is 0.788. The molecular weight excluding hydrogens is 356 g/mol. The maximum Gasteiger partial charge on any atom is 0.407 e. The maximum absolute atomic E-state index is 11.9. The Bertz CT molecular complexity index is 648. The molecule has 9 heteroatoms. The van der Waals surface area contributed by atoms with Crippen LogP contribution in [-0.2, 0) is 30.5 Å². The third-order valence-electron chi connectivity index (χ3n) is 3.55. The Labute approximate surface area is 157 Å². The molecule has 2 atom stereocenters. The predicted octanol–water partition coefficient (Wildman–Crippen LogP) is 1.07. The number of carbonyl (C=O) groups is 4. The Morgan fingerprint density at radius 3 is 2.37 bits per heavy atom. The molecule has 148 valence electrons. The van der Waals surface area contributed by atoms with Crippen molar-refractivity contribution in [2.75, 3.05) is 13.2 Å². The third-order valence-corrected chi connectivity index (χ3v) is 3.55. The molecule has 9 nitrogen and oxygen atoms in total. The molecule has 2 amide bonds. The van der Waals surface area contributed by atoms with Crippen molar-refractivity contribution in [2.24, 2.45) is 5.92 Å². The first kappa shape index (κ1) is 21.9. The lowest BCUT2D eigenvalue weighted by Gasteiger charge is -2.20. The standard InChI is InChI=1S/C18H24N2O7/c1-3-26-15(22)9-12(2)16(17(23)24)20-14(21)10-19-18(25)27-11-13-7-5-4-6-8-13/h4-8,12,16H,3,9-11H2,1-2H3,(H,19,25)(H,20,21)(H,23,24)/t12-,16-/m0/s1. The average molecular weight is 380 g/mol. The fourth-order valence-corrected chi connectivity index (χ4v) is 2.20. The van der Waals surface area contributed by atoms with E-state index < -0.39 is 42.4 Å². The lowest BCUT2D eigenvalue weighted by Crippen LogP contribution is -2.49. The van der Waals surface area contributed by atoms with Gasteiger partial charge in [0.2, 0.25) is 5.91 Å². The van der Waals surface area contributed by atoms with Crippen molar-refractivity contribution in [3.8, 4) is 0 Å². The molecule has 0 aliphatic heterocycles. The van der Waals surface area contributed by atoms with E-state index in [1.807, 2.05) is 6.07 Å². The normalized spacial score (nSPS) is 12.4. The predicted molar refractivity (Wildman–Crippen MR) is 94.6 cm³/mol. The minimum absolute atomic E-state index is 0.0443. The topological polar surface area (TPSA) is 131 Å². The molecule has 0 aromatic heterocycles. The molecule has 0 unspecified atom stereocenters. The molecule has 0 saturated heterocycles. The zero-order valence-corrected chi connectivity index (χ0v) is 15.3. The van der Waals surface area contributed by atoms with Crippen LogP contribution in [0.25, 0.3) is 0 Å². The minimum atomic E-state index is -1.29. The molecule has 0 aliphatic carbocycles. The number of hydrogen-bond acceptors (Lipinski definition) is 6. The number of rotatable bonds is 10. The quantitative estimate of drug-likeness (QED) is 0.517. The van der Waals surface area contributed by atoms with Crippen LogP contribution in [0.15, 0.2) is 30.3 Å². The molecule has 0 aliphatic rings. The number of esters is 1. The average Bonchev–Trinajstić information content (AvgIpc) is 2.63. The van der Waals surface area contributed by atoms with Crippen LogP contribution in [0.5, 0.6) is 0 Å². The smallest absolute Gasteiger partial charge is 0.407 e. The first-order valence-corrected chi connectivity index (χ1v) is 8.45. The van der Waals surface area contributed by atoms with Gasteiger partial charge in [0.25, 0.3) is 0 Å². The lowest BCUT2D eigenvalue weighted by molar-refractivity contribution is -0.147. The number of carboxylic acids is 1. The highest BCUT2D eigenvalue weighted by atomic mass is 16.5. The summed E-state index contributed by atoms with van der Waals surface area (Å²) in [5, 5.41) is 13.8. The van der Waals surface area contributed by atoms with Gasteiger partial charge in [-0.3, -0.25) is 9.59 Å². The van der Waals surface area contributed by atoms with Crippen molar-refractivity contribution < 1.29 is 33.8 Å². The van der Waals surface area contributed by atoms with Gasteiger partial charge in [-0.2, -0.15) is 0 Å². The summed E-state index contributed by atoms with van der Waals surface area (Å²) in [6.45, 7) is 2.93. The van der Waals surface area contributed by atoms with Gasteiger partial charge >= 0.3 is 18.0 Å². The van der Waals surface area contributed by atoms with Crippen molar-refractivity contribution in [3.63, 3.8) is 0 Å². The Kier molecular flexibility index (Phi) is 9.35. The summed E-state index contributed by atoms with van der Waals surface area (Å²) in [6.07, 6.45) is -0.960. The monoisotopic (exact) mass is 380 g/mol. The van der Waals surface area contributed by atoms with E-state index in [0.717, 1.165) is 5.56 Å². The molecule has 3 N–H and O–H groups in total. The van der Waals surface area contributed by atoms with Gasteiger partial charge in [0.15, 0.2) is 0 Å². The molecule has 0 radical (unpaired) electrons. The second-order valence-electron chi connectivity index (χ2n) is 5.79. The van der Waals surface area contributed by atoms with Gasteiger partial charge < -0.3 is 25.2 Å². The van der Waals surface area contributed by atoms with Crippen LogP contribution >= 0.6 is 0 Å². The molecule has 0 fully saturated rings. The number of aliphatic carboxylic acids is 1. The fraction of sp³-hybridized carbons (Fsp3) is 0.444. The van der Waals surface area contributed by atoms with Crippen LogP contribution in [0.1, 0.15) is 25.8 Å². The zero-order chi connectivity index (χ0) is 20.2. The summed E-state index contributed by atoms with van der Waals surface area (Å²) < 4.78 is 9.72. The molecule has 1 rings (SSSR count). The summed E-state index contributed by atoms with van der Waals surface area (Å²) >= 11 is 0. The van der Waals surface area contributed by atoms with Crippen LogP contribution in [0.3, 0.4) is 0 Å². The summed E-state index contributed by atoms with van der Waals surface area (Å²) in [7, 11) is 0. The van der Waals surface area contributed by atoms with E-state index >= 15 is 0 Å². The van der Waals surface area contributed by atoms with E-state index in [1.165, 1.54) is 6.92 Å². The molecule has 1 aromatic carbocycles. The van der Waals surface area contributed by atoms with Gasteiger partial charge in [-0.25, -0.2) is 9.59 Å². The first-order valence-electron chi connectivity index (χ1n) is 8.45. The third kappa shape index (κ3) is 8.70. The zero-order valence-electron chi connectivity index (χ0n) is 15.3. The van der Waals surface area contributed by atoms with E-state index in [4.69, 9.17) is 9.47 Å². The Morgan fingerprint density at radius 1 is 1.11 bits per heavy atom. The number of nitrogens with one attached hydrogen (secondary N) is 2. The highest BCUT2D eigenvalue weighted by Crippen LogP contribution is 2.10. The highest BCUT2D eigenvalue weighted by molar-refractivity contribution is 5.87. The van der Waals surface area contributed by atoms with Crippen molar-refractivity contribution >= 4 is 23.9 Å². The lowest BCUT2D eigenvalue weighted by atomic mass is 9.98. The van der Waals surface area contributed by atoms with Gasteiger partial charge in [-0.05, 0) is 18.4 Å². The number of ether oxygens (including phenoxy) is 2. The number of benzene rings is 1. The van der Waals surface area contributed by atoms with E-state index in [2.05, 4.69) is 10.6 Å². The van der Waals surface area contributed by atoms with Gasteiger partial charge in [0.05, 0.1) is 13.0 Å². The van der Waals surface area contributed by atoms with Gasteiger partial charge in [0, 0.05) is 0 Å². The number of hydrogen-bond donors (Lipinski definition) is 3. The Morgan fingerprint density at radius 2 is 1.78 bits per heavy atom. The van der Waals surface area contributed by atoms with Gasteiger partial charge in [0.1, 0.15) is 19.2 Å². The summed E-state index contributed by atoms with van der Waals surface area (Å²) in [6, 6.07) is 7.70. The van der Waals surface area contributed by atoms with Crippen molar-refractivity contribution in [2.45, 2.75) is 32.9 Å². The molecule has 27 heavy (non-hydrogen) atoms. The van der Waals surface area contributed by atoms with Crippen LogP contribution < -0.4 is 10.6 Å². The molecule has 0 bridgehead atoms. The van der Waals surface area contributed by atoms with Gasteiger partial charge in [-0.1, -0.05) is 37.3 Å². The Balaban J connectivity index is 2.41. The van der Waals surface area contributed by atoms with Gasteiger partial charge in [-0.15, -0.1) is 0 Å². The number of carbonyl (C=O) groups excluding carboxylic acids is 3. The van der Waals surface area contributed by atoms with Crippen LogP contribution in [0, 0.1) is 5.92 Å². The second-order valence-corrected chi connectivity index (χ2v) is 5.79.